The molecule has 0 saturated heterocycles. The molecule has 0 spiro atoms. The normalized spacial score (nSPS) is 11.9. The van der Waals surface area contributed by atoms with Gasteiger partial charge in [0.05, 0.1) is 11.6 Å². The van der Waals surface area contributed by atoms with Crippen LogP contribution >= 0.6 is 0 Å². The van der Waals surface area contributed by atoms with E-state index in [0.717, 1.165) is 5.56 Å². The highest BCUT2D eigenvalue weighted by Gasteiger charge is 2.16. The van der Waals surface area contributed by atoms with Crippen molar-refractivity contribution in [3.05, 3.63) is 75.7 Å². The number of hydrogen-bond donors (Lipinski definition) is 1. The van der Waals surface area contributed by atoms with Gasteiger partial charge in [0.15, 0.2) is 5.69 Å². The topological polar surface area (TPSA) is 76.3 Å². The van der Waals surface area contributed by atoms with Crippen LogP contribution in [-0.4, -0.2) is 21.9 Å². The van der Waals surface area contributed by atoms with Gasteiger partial charge in [0.25, 0.3) is 11.5 Å². The molecule has 0 fully saturated rings. The number of carbonyl (C=O) groups is 1. The fraction of sp³-hybridized carbons (Fsp3) is 0.273. The molecular weight excluding hydrogens is 352 g/mol. The predicted molar refractivity (Wildman–Crippen MR) is 112 cm³/mol. The van der Waals surface area contributed by atoms with Gasteiger partial charge in [-0.25, -0.2) is 10.1 Å². The predicted octanol–water partition coefficient (Wildman–Crippen LogP) is 3.48. The summed E-state index contributed by atoms with van der Waals surface area (Å²) in [7, 11) is 0. The number of amides is 1. The highest BCUT2D eigenvalue weighted by molar-refractivity contribution is 6.04. The van der Waals surface area contributed by atoms with Gasteiger partial charge in [0.1, 0.15) is 0 Å². The molecule has 0 unspecified atom stereocenters. The van der Waals surface area contributed by atoms with E-state index in [0.29, 0.717) is 17.3 Å². The molecule has 0 bridgehead atoms. The second-order valence-electron chi connectivity index (χ2n) is 7.59. The van der Waals surface area contributed by atoms with Crippen LogP contribution in [0.3, 0.4) is 0 Å². The second-order valence-corrected chi connectivity index (χ2v) is 7.59. The van der Waals surface area contributed by atoms with Gasteiger partial charge in [-0.2, -0.15) is 10.2 Å². The monoisotopic (exact) mass is 376 g/mol. The lowest BCUT2D eigenvalue weighted by Crippen LogP contribution is -2.28. The molecule has 0 atom stereocenters. The lowest BCUT2D eigenvalue weighted by atomic mass is 9.87. The highest BCUT2D eigenvalue weighted by Crippen LogP contribution is 2.21. The standard InChI is InChI=1S/C22H24N4O2/c1-5-26-21(28)18-9-7-6-8-17(18)19(25-26)20(27)24-23-14-15-10-12-16(13-11-15)22(2,3)4/h6-14H,5H2,1-4H3,(H,24,27)/b23-14+. The van der Waals surface area contributed by atoms with E-state index >= 15 is 0 Å². The summed E-state index contributed by atoms with van der Waals surface area (Å²) < 4.78 is 1.28. The summed E-state index contributed by atoms with van der Waals surface area (Å²) in [5.41, 5.74) is 4.66. The van der Waals surface area contributed by atoms with Crippen molar-refractivity contribution in [2.75, 3.05) is 0 Å². The van der Waals surface area contributed by atoms with Crippen LogP contribution in [0.1, 0.15) is 49.3 Å². The Morgan fingerprint density at radius 1 is 1.11 bits per heavy atom. The van der Waals surface area contributed by atoms with Gasteiger partial charge in [-0.15, -0.1) is 0 Å². The quantitative estimate of drug-likeness (QED) is 0.559. The molecule has 144 valence electrons. The zero-order valence-corrected chi connectivity index (χ0v) is 16.6. The minimum atomic E-state index is -0.457. The summed E-state index contributed by atoms with van der Waals surface area (Å²) in [5, 5.41) is 9.22. The van der Waals surface area contributed by atoms with E-state index in [1.807, 2.05) is 19.1 Å². The van der Waals surface area contributed by atoms with Gasteiger partial charge >= 0.3 is 0 Å². The Balaban J connectivity index is 1.83. The van der Waals surface area contributed by atoms with Crippen molar-refractivity contribution < 1.29 is 4.79 Å². The van der Waals surface area contributed by atoms with E-state index in [-0.39, 0.29) is 16.7 Å². The minimum Gasteiger partial charge on any atom is -0.267 e. The number of hydrazone groups is 1. The summed E-state index contributed by atoms with van der Waals surface area (Å²) in [6, 6.07) is 15.0. The molecular formula is C22H24N4O2. The van der Waals surface area contributed by atoms with E-state index in [2.05, 4.69) is 48.5 Å². The van der Waals surface area contributed by atoms with Crippen LogP contribution in [0.25, 0.3) is 10.8 Å². The Kier molecular flexibility index (Phi) is 5.40. The van der Waals surface area contributed by atoms with Gasteiger partial charge in [0, 0.05) is 11.9 Å². The van der Waals surface area contributed by atoms with Crippen LogP contribution in [0.4, 0.5) is 0 Å². The molecule has 0 aliphatic heterocycles. The summed E-state index contributed by atoms with van der Waals surface area (Å²) >= 11 is 0. The first-order chi connectivity index (χ1) is 13.3. The van der Waals surface area contributed by atoms with Crippen LogP contribution < -0.4 is 11.0 Å². The number of aromatic nitrogens is 2. The number of aryl methyl sites for hydroxylation is 1. The lowest BCUT2D eigenvalue weighted by molar-refractivity contribution is 0.0949. The minimum absolute atomic E-state index is 0.0823. The number of nitrogens with one attached hydrogen (secondary N) is 1. The average Bonchev–Trinajstić information content (AvgIpc) is 2.68. The Hall–Kier alpha value is -3.28. The van der Waals surface area contributed by atoms with Crippen LogP contribution in [0, 0.1) is 0 Å². The maximum absolute atomic E-state index is 12.6. The van der Waals surface area contributed by atoms with Crippen molar-refractivity contribution in [3.8, 4) is 0 Å². The number of benzene rings is 2. The summed E-state index contributed by atoms with van der Waals surface area (Å²) in [4.78, 5) is 25.0. The van der Waals surface area contributed by atoms with Crippen molar-refractivity contribution in [1.29, 1.82) is 0 Å². The Morgan fingerprint density at radius 3 is 2.36 bits per heavy atom. The van der Waals surface area contributed by atoms with Crippen molar-refractivity contribution >= 4 is 22.9 Å². The summed E-state index contributed by atoms with van der Waals surface area (Å²) in [5.74, 6) is -0.457. The highest BCUT2D eigenvalue weighted by atomic mass is 16.2. The third-order valence-corrected chi connectivity index (χ3v) is 4.54. The molecule has 6 heteroatoms. The fourth-order valence-electron chi connectivity index (χ4n) is 2.90. The average molecular weight is 376 g/mol. The van der Waals surface area contributed by atoms with Crippen LogP contribution in [0.15, 0.2) is 58.4 Å². The fourth-order valence-corrected chi connectivity index (χ4v) is 2.90. The smallest absolute Gasteiger partial charge is 0.267 e. The maximum Gasteiger partial charge on any atom is 0.292 e. The SMILES string of the molecule is CCn1nc(C(=O)N/N=C/c2ccc(C(C)(C)C)cc2)c2ccccc2c1=O. The molecule has 1 amide bonds. The third-order valence-electron chi connectivity index (χ3n) is 4.54. The first-order valence-corrected chi connectivity index (χ1v) is 9.25. The van der Waals surface area contributed by atoms with Crippen LogP contribution in [0.2, 0.25) is 0 Å². The molecule has 0 radical (unpaired) electrons. The van der Waals surface area contributed by atoms with E-state index < -0.39 is 5.91 Å². The molecule has 1 aromatic heterocycles. The maximum atomic E-state index is 12.6. The third kappa shape index (κ3) is 4.01. The molecule has 28 heavy (non-hydrogen) atoms. The molecule has 1 heterocycles. The molecule has 0 aliphatic carbocycles. The molecule has 0 aliphatic rings. The second kappa shape index (κ2) is 7.76. The van der Waals surface area contributed by atoms with E-state index in [4.69, 9.17) is 0 Å². The number of hydrogen-bond acceptors (Lipinski definition) is 4. The molecule has 0 saturated carbocycles. The van der Waals surface area contributed by atoms with Crippen LogP contribution in [-0.2, 0) is 12.0 Å². The van der Waals surface area contributed by atoms with E-state index in [1.165, 1.54) is 10.2 Å². The Morgan fingerprint density at radius 2 is 1.75 bits per heavy atom. The Labute approximate surface area is 163 Å². The number of rotatable bonds is 4. The molecule has 3 aromatic rings. The lowest BCUT2D eigenvalue weighted by Gasteiger charge is -2.18. The largest absolute Gasteiger partial charge is 0.292 e. The van der Waals surface area contributed by atoms with E-state index in [9.17, 15) is 9.59 Å². The zero-order valence-electron chi connectivity index (χ0n) is 16.6. The van der Waals surface area contributed by atoms with Gasteiger partial charge in [-0.05, 0) is 29.5 Å². The first-order valence-electron chi connectivity index (χ1n) is 9.25. The molecule has 6 nitrogen and oxygen atoms in total. The van der Waals surface area contributed by atoms with Crippen LogP contribution in [0.5, 0.6) is 0 Å². The van der Waals surface area contributed by atoms with Gasteiger partial charge in [-0.1, -0.05) is 63.2 Å². The van der Waals surface area contributed by atoms with Gasteiger partial charge in [0.2, 0.25) is 0 Å². The van der Waals surface area contributed by atoms with Gasteiger partial charge in [-0.3, -0.25) is 9.59 Å². The zero-order chi connectivity index (χ0) is 20.3. The number of fused-ring (bicyclic) bond motifs is 1. The van der Waals surface area contributed by atoms with Gasteiger partial charge < -0.3 is 0 Å². The van der Waals surface area contributed by atoms with Crippen molar-refractivity contribution in [1.82, 2.24) is 15.2 Å². The Bertz CT molecular complexity index is 1090. The molecule has 3 rings (SSSR count). The number of nitrogens with zero attached hydrogens (tertiary/aromatic N) is 3. The van der Waals surface area contributed by atoms with Crippen molar-refractivity contribution in [2.45, 2.75) is 39.7 Å². The van der Waals surface area contributed by atoms with E-state index in [1.54, 1.807) is 30.5 Å². The molecule has 2 aromatic carbocycles. The first kappa shape index (κ1) is 19.5. The van der Waals surface area contributed by atoms with Crippen molar-refractivity contribution in [2.24, 2.45) is 5.10 Å². The summed E-state index contributed by atoms with van der Waals surface area (Å²) in [6.45, 7) is 8.66. The summed E-state index contributed by atoms with van der Waals surface area (Å²) in [6.07, 6.45) is 1.59. The molecule has 1 N–H and O–H groups in total. The van der Waals surface area contributed by atoms with Crippen molar-refractivity contribution in [3.63, 3.8) is 0 Å². The number of carbonyl (C=O) groups excluding carboxylic acids is 1.